The van der Waals surface area contributed by atoms with Gasteiger partial charge in [0.15, 0.2) is 0 Å². The zero-order valence-electron chi connectivity index (χ0n) is 16.1. The average molecular weight is 402 g/mol. The maximum absolute atomic E-state index is 14.3. The van der Waals surface area contributed by atoms with E-state index < -0.39 is 0 Å². The van der Waals surface area contributed by atoms with Crippen LogP contribution in [-0.2, 0) is 4.74 Å². The Morgan fingerprint density at radius 1 is 0.933 bits per heavy atom. The lowest BCUT2D eigenvalue weighted by Crippen LogP contribution is -2.36. The summed E-state index contributed by atoms with van der Waals surface area (Å²) in [5.74, 6) is 0.969. The molecule has 1 N–H and O–H groups in total. The minimum Gasteiger partial charge on any atom is -0.378 e. The monoisotopic (exact) mass is 402 g/mol. The number of halogens is 1. The van der Waals surface area contributed by atoms with E-state index in [9.17, 15) is 4.39 Å². The highest BCUT2D eigenvalue weighted by molar-refractivity contribution is 5.91. The lowest BCUT2D eigenvalue weighted by Gasteiger charge is -2.27. The van der Waals surface area contributed by atoms with Crippen LogP contribution in [0.2, 0.25) is 0 Å². The molecule has 0 atom stereocenters. The molecule has 0 saturated carbocycles. The van der Waals surface area contributed by atoms with E-state index in [0.717, 1.165) is 30.0 Å². The van der Waals surface area contributed by atoms with Crippen LogP contribution >= 0.6 is 0 Å². The number of aromatic nitrogens is 4. The van der Waals surface area contributed by atoms with Gasteiger partial charge < -0.3 is 15.0 Å². The van der Waals surface area contributed by atoms with E-state index in [1.807, 2.05) is 18.2 Å². The van der Waals surface area contributed by atoms with Crippen molar-refractivity contribution in [1.29, 1.82) is 0 Å². The molecule has 0 radical (unpaired) electrons. The lowest BCUT2D eigenvalue weighted by atomic mass is 10.1. The van der Waals surface area contributed by atoms with Crippen LogP contribution < -0.4 is 10.2 Å². The average Bonchev–Trinajstić information content (AvgIpc) is 2.80. The van der Waals surface area contributed by atoms with Crippen molar-refractivity contribution in [3.8, 4) is 11.3 Å². The zero-order chi connectivity index (χ0) is 20.3. The molecule has 0 amide bonds. The molecular weight excluding hydrogens is 383 g/mol. The number of nitrogens with zero attached hydrogens (tertiary/aromatic N) is 5. The summed E-state index contributed by atoms with van der Waals surface area (Å²) in [6.45, 7) is 3.09. The Balaban J connectivity index is 1.44. The molecule has 0 unspecified atom stereocenters. The topological polar surface area (TPSA) is 76.1 Å². The number of hydrogen-bond donors (Lipinski definition) is 1. The molecule has 4 aromatic rings. The summed E-state index contributed by atoms with van der Waals surface area (Å²) in [7, 11) is 0. The third kappa shape index (κ3) is 3.65. The highest BCUT2D eigenvalue weighted by Crippen LogP contribution is 2.28. The van der Waals surface area contributed by atoms with Crippen molar-refractivity contribution >= 4 is 28.4 Å². The number of fused-ring (bicyclic) bond motifs is 1. The first-order valence-corrected chi connectivity index (χ1v) is 9.70. The molecule has 0 spiro atoms. The van der Waals surface area contributed by atoms with E-state index in [-0.39, 0.29) is 5.82 Å². The standard InChI is InChI=1S/C22H19FN6O/c23-18-4-2-1-3-17(18)21-20-15(7-8-24-21)13-26-22(28-20)27-16-5-6-19(25-14-16)29-9-11-30-12-10-29/h1-8,13-14H,9-12H2,(H,26,27,28). The molecule has 0 aliphatic carbocycles. The van der Waals surface area contributed by atoms with Gasteiger partial charge in [0, 0.05) is 36.4 Å². The van der Waals surface area contributed by atoms with Crippen LogP contribution in [0.3, 0.4) is 0 Å². The second-order valence-corrected chi connectivity index (χ2v) is 6.90. The van der Waals surface area contributed by atoms with Crippen molar-refractivity contribution in [1.82, 2.24) is 19.9 Å². The van der Waals surface area contributed by atoms with Gasteiger partial charge in [-0.15, -0.1) is 0 Å². The van der Waals surface area contributed by atoms with Crippen LogP contribution in [0.15, 0.2) is 61.1 Å². The number of benzene rings is 1. The van der Waals surface area contributed by atoms with Crippen molar-refractivity contribution in [2.45, 2.75) is 0 Å². The molecule has 1 aliphatic heterocycles. The lowest BCUT2D eigenvalue weighted by molar-refractivity contribution is 0.122. The molecule has 4 heterocycles. The van der Waals surface area contributed by atoms with Crippen molar-refractivity contribution in [2.75, 3.05) is 36.5 Å². The summed E-state index contributed by atoms with van der Waals surface area (Å²) in [6.07, 6.45) is 5.08. The first kappa shape index (κ1) is 18.4. The van der Waals surface area contributed by atoms with E-state index in [0.29, 0.717) is 35.9 Å². The molecule has 1 aromatic carbocycles. The number of pyridine rings is 2. The van der Waals surface area contributed by atoms with Crippen LogP contribution in [0, 0.1) is 5.82 Å². The van der Waals surface area contributed by atoms with E-state index >= 15 is 0 Å². The van der Waals surface area contributed by atoms with Gasteiger partial charge in [0.05, 0.1) is 30.8 Å². The Morgan fingerprint density at radius 3 is 2.60 bits per heavy atom. The molecule has 7 nitrogen and oxygen atoms in total. The highest BCUT2D eigenvalue weighted by atomic mass is 19.1. The van der Waals surface area contributed by atoms with Crippen LogP contribution in [0.5, 0.6) is 0 Å². The second kappa shape index (κ2) is 8.00. The van der Waals surface area contributed by atoms with Gasteiger partial charge in [0.1, 0.15) is 17.2 Å². The Bertz CT molecular complexity index is 1180. The Hall–Kier alpha value is -3.65. The maximum atomic E-state index is 14.3. The van der Waals surface area contributed by atoms with E-state index in [1.165, 1.54) is 6.07 Å². The molecule has 5 rings (SSSR count). The quantitative estimate of drug-likeness (QED) is 0.556. The number of ether oxygens (including phenoxy) is 1. The molecule has 30 heavy (non-hydrogen) atoms. The summed E-state index contributed by atoms with van der Waals surface area (Å²) >= 11 is 0. The van der Waals surface area contributed by atoms with Gasteiger partial charge in [-0.3, -0.25) is 4.98 Å². The fourth-order valence-corrected chi connectivity index (χ4v) is 3.44. The molecule has 1 fully saturated rings. The first-order valence-electron chi connectivity index (χ1n) is 9.70. The van der Waals surface area contributed by atoms with Crippen molar-refractivity contribution in [2.24, 2.45) is 0 Å². The summed E-state index contributed by atoms with van der Waals surface area (Å²) in [5, 5.41) is 3.96. The summed E-state index contributed by atoms with van der Waals surface area (Å²) in [6, 6.07) is 12.2. The molecule has 150 valence electrons. The fraction of sp³-hybridized carbons (Fsp3) is 0.182. The van der Waals surface area contributed by atoms with Gasteiger partial charge in [-0.05, 0) is 30.3 Å². The number of morpholine rings is 1. The number of hydrogen-bond acceptors (Lipinski definition) is 7. The van der Waals surface area contributed by atoms with Gasteiger partial charge in [0.2, 0.25) is 5.95 Å². The van der Waals surface area contributed by atoms with Gasteiger partial charge >= 0.3 is 0 Å². The highest BCUT2D eigenvalue weighted by Gasteiger charge is 2.14. The third-order valence-electron chi connectivity index (χ3n) is 4.97. The van der Waals surface area contributed by atoms with E-state index in [4.69, 9.17) is 4.74 Å². The summed E-state index contributed by atoms with van der Waals surface area (Å²) < 4.78 is 19.7. The van der Waals surface area contributed by atoms with Crippen LogP contribution in [0.1, 0.15) is 0 Å². The predicted octanol–water partition coefficient (Wildman–Crippen LogP) is 3.81. The Labute approximate surface area is 172 Å². The second-order valence-electron chi connectivity index (χ2n) is 6.90. The van der Waals surface area contributed by atoms with Crippen molar-refractivity contribution in [3.63, 3.8) is 0 Å². The number of rotatable bonds is 4. The van der Waals surface area contributed by atoms with Crippen LogP contribution in [0.4, 0.5) is 21.8 Å². The fourth-order valence-electron chi connectivity index (χ4n) is 3.44. The van der Waals surface area contributed by atoms with Crippen LogP contribution in [-0.4, -0.2) is 46.2 Å². The van der Waals surface area contributed by atoms with Gasteiger partial charge in [-0.25, -0.2) is 19.3 Å². The largest absolute Gasteiger partial charge is 0.378 e. The maximum Gasteiger partial charge on any atom is 0.227 e. The SMILES string of the molecule is Fc1ccccc1-c1nccc2cnc(Nc3ccc(N4CCOCC4)nc3)nc12. The molecule has 1 aliphatic rings. The minimum atomic E-state index is -0.339. The molecule has 0 bridgehead atoms. The smallest absolute Gasteiger partial charge is 0.227 e. The zero-order valence-corrected chi connectivity index (χ0v) is 16.1. The molecule has 1 saturated heterocycles. The van der Waals surface area contributed by atoms with Gasteiger partial charge in [-0.2, -0.15) is 0 Å². The van der Waals surface area contributed by atoms with E-state index in [1.54, 1.807) is 36.8 Å². The predicted molar refractivity (Wildman–Crippen MR) is 113 cm³/mol. The Kier molecular flexibility index (Phi) is 4.90. The molecule has 3 aromatic heterocycles. The number of nitrogens with one attached hydrogen (secondary N) is 1. The normalized spacial score (nSPS) is 14.1. The minimum absolute atomic E-state index is 0.339. The molecular formula is C22H19FN6O. The van der Waals surface area contributed by atoms with Crippen molar-refractivity contribution < 1.29 is 9.13 Å². The third-order valence-corrected chi connectivity index (χ3v) is 4.97. The van der Waals surface area contributed by atoms with Crippen LogP contribution in [0.25, 0.3) is 22.2 Å². The van der Waals surface area contributed by atoms with Gasteiger partial charge in [0.25, 0.3) is 0 Å². The first-order chi connectivity index (χ1) is 14.8. The van der Waals surface area contributed by atoms with Gasteiger partial charge in [-0.1, -0.05) is 12.1 Å². The van der Waals surface area contributed by atoms with Crippen molar-refractivity contribution in [3.05, 3.63) is 66.9 Å². The summed E-state index contributed by atoms with van der Waals surface area (Å²) in [4.78, 5) is 20.0. The van der Waals surface area contributed by atoms with E-state index in [2.05, 4.69) is 30.2 Å². The Morgan fingerprint density at radius 2 is 1.80 bits per heavy atom. The number of anilines is 3. The summed E-state index contributed by atoms with van der Waals surface area (Å²) in [5.41, 5.74) is 2.24. The molecule has 8 heteroatoms.